The van der Waals surface area contributed by atoms with Crippen LogP contribution in [0.2, 0.25) is 5.15 Å². The van der Waals surface area contributed by atoms with Crippen LogP contribution < -0.4 is 5.73 Å². The van der Waals surface area contributed by atoms with E-state index in [1.54, 1.807) is 25.3 Å². The Labute approximate surface area is 175 Å². The van der Waals surface area contributed by atoms with Crippen molar-refractivity contribution in [1.82, 2.24) is 19.9 Å². The van der Waals surface area contributed by atoms with Gasteiger partial charge in [0.2, 0.25) is 5.91 Å². The number of amides is 1. The number of aromatic nitrogens is 3. The highest BCUT2D eigenvalue weighted by Crippen LogP contribution is 2.27. The van der Waals surface area contributed by atoms with Crippen molar-refractivity contribution in [3.8, 4) is 0 Å². The lowest BCUT2D eigenvalue weighted by Crippen LogP contribution is -2.38. The zero-order valence-corrected chi connectivity index (χ0v) is 17.4. The van der Waals surface area contributed by atoms with Crippen molar-refractivity contribution in [2.75, 3.05) is 18.8 Å². The number of rotatable bonds is 7. The van der Waals surface area contributed by atoms with Crippen LogP contribution in [0.3, 0.4) is 0 Å². The normalized spacial score (nSPS) is 14.8. The first-order valence-electron chi connectivity index (χ1n) is 9.93. The number of carbonyl (C=O) groups excluding carboxylic acids is 2. The van der Waals surface area contributed by atoms with Crippen molar-refractivity contribution in [1.29, 1.82) is 0 Å². The number of piperidine rings is 1. The first kappa shape index (κ1) is 21.2. The van der Waals surface area contributed by atoms with E-state index < -0.39 is 0 Å². The fourth-order valence-corrected chi connectivity index (χ4v) is 4.00. The molecule has 0 unspecified atom stereocenters. The molecule has 0 bridgehead atoms. The highest BCUT2D eigenvalue weighted by atomic mass is 35.5. The average molecular weight is 416 g/mol. The van der Waals surface area contributed by atoms with Crippen LogP contribution in [0.15, 0.2) is 24.5 Å². The minimum Gasteiger partial charge on any atom is -0.383 e. The summed E-state index contributed by atoms with van der Waals surface area (Å²) in [6, 6.07) is 3.45. The Bertz CT molecular complexity index is 844. The Kier molecular flexibility index (Phi) is 7.14. The Morgan fingerprint density at radius 3 is 2.66 bits per heavy atom. The lowest BCUT2D eigenvalue weighted by molar-refractivity contribution is -0.132. The molecule has 1 saturated heterocycles. The quantitative estimate of drug-likeness (QED) is 0.550. The van der Waals surface area contributed by atoms with Crippen molar-refractivity contribution in [2.45, 2.75) is 45.4 Å². The number of likely N-dealkylation sites (tertiary alicyclic amines) is 1. The van der Waals surface area contributed by atoms with Crippen LogP contribution in [-0.4, -0.2) is 44.6 Å². The Hall–Kier alpha value is -2.54. The first-order chi connectivity index (χ1) is 13.9. The minimum absolute atomic E-state index is 0.0416. The number of Topliss-reactive ketones (excluding diaryl/α,β-unsaturated/α-hetero) is 1. The lowest BCUT2D eigenvalue weighted by Gasteiger charge is -2.32. The molecule has 1 fully saturated rings. The van der Waals surface area contributed by atoms with Gasteiger partial charge in [-0.25, -0.2) is 9.97 Å². The van der Waals surface area contributed by atoms with E-state index in [-0.39, 0.29) is 24.5 Å². The molecule has 154 valence electrons. The van der Waals surface area contributed by atoms with Gasteiger partial charge < -0.3 is 10.6 Å². The second-order valence-corrected chi connectivity index (χ2v) is 7.81. The Balaban J connectivity index is 1.42. The van der Waals surface area contributed by atoms with Crippen LogP contribution in [0.1, 0.15) is 53.8 Å². The minimum atomic E-state index is -0.0453. The maximum absolute atomic E-state index is 12.4. The average Bonchev–Trinajstić information content (AvgIpc) is 2.72. The van der Waals surface area contributed by atoms with Crippen LogP contribution in [-0.2, 0) is 11.2 Å². The predicted molar refractivity (Wildman–Crippen MR) is 112 cm³/mol. The molecule has 3 rings (SSSR count). The van der Waals surface area contributed by atoms with E-state index in [1.807, 2.05) is 4.90 Å². The van der Waals surface area contributed by atoms with Gasteiger partial charge >= 0.3 is 0 Å². The molecule has 8 heteroatoms. The molecule has 29 heavy (non-hydrogen) atoms. The molecule has 0 saturated carbocycles. The van der Waals surface area contributed by atoms with Crippen LogP contribution in [0.5, 0.6) is 0 Å². The van der Waals surface area contributed by atoms with Gasteiger partial charge in [-0.05, 0) is 50.7 Å². The van der Waals surface area contributed by atoms with Crippen molar-refractivity contribution >= 4 is 29.1 Å². The number of pyridine rings is 1. The molecular formula is C21H26ClN5O2. The van der Waals surface area contributed by atoms with E-state index in [1.165, 1.54) is 6.20 Å². The number of ketones is 1. The molecule has 0 spiro atoms. The van der Waals surface area contributed by atoms with Gasteiger partial charge in [-0.3, -0.25) is 14.6 Å². The van der Waals surface area contributed by atoms with E-state index in [9.17, 15) is 9.59 Å². The molecule has 2 N–H and O–H groups in total. The molecule has 0 aliphatic carbocycles. The number of nitrogens with zero attached hydrogens (tertiary/aromatic N) is 4. The van der Waals surface area contributed by atoms with E-state index in [0.29, 0.717) is 28.3 Å². The number of carbonyl (C=O) groups is 2. The van der Waals surface area contributed by atoms with Gasteiger partial charge in [0.15, 0.2) is 5.78 Å². The largest absolute Gasteiger partial charge is 0.383 e. The summed E-state index contributed by atoms with van der Waals surface area (Å²) in [7, 11) is 0. The molecule has 0 radical (unpaired) electrons. The summed E-state index contributed by atoms with van der Waals surface area (Å²) in [5, 5.41) is 0.431. The molecule has 7 nitrogen and oxygen atoms in total. The highest BCUT2D eigenvalue weighted by molar-refractivity contribution is 6.30. The standard InChI is InChI=1S/C21H26ClN5O2/c1-14-25-20(22)17(21(23)26-14)5-4-15-8-11-27(12-9-15)19(29)7-6-18(28)16-3-2-10-24-13-16/h2-3,10,13,15H,4-9,11-12H2,1H3,(H2,23,25,26). The summed E-state index contributed by atoms with van der Waals surface area (Å²) in [4.78, 5) is 38.8. The van der Waals surface area contributed by atoms with Crippen molar-refractivity contribution < 1.29 is 9.59 Å². The maximum atomic E-state index is 12.4. The summed E-state index contributed by atoms with van der Waals surface area (Å²) < 4.78 is 0. The third kappa shape index (κ3) is 5.73. The van der Waals surface area contributed by atoms with Gasteiger partial charge in [0.05, 0.1) is 0 Å². The molecule has 1 aliphatic rings. The SMILES string of the molecule is Cc1nc(N)c(CCC2CCN(C(=O)CCC(=O)c3cccnc3)CC2)c(Cl)n1. The third-order valence-corrected chi connectivity index (χ3v) is 5.73. The molecule has 1 aliphatic heterocycles. The first-order valence-corrected chi connectivity index (χ1v) is 10.3. The summed E-state index contributed by atoms with van der Waals surface area (Å²) in [5.41, 5.74) is 7.34. The summed E-state index contributed by atoms with van der Waals surface area (Å²) in [6.45, 7) is 3.21. The summed E-state index contributed by atoms with van der Waals surface area (Å²) in [5.74, 6) is 1.53. The van der Waals surface area contributed by atoms with Gasteiger partial charge in [0, 0.05) is 49.5 Å². The van der Waals surface area contributed by atoms with Crippen molar-refractivity contribution in [2.24, 2.45) is 5.92 Å². The number of hydrogen-bond acceptors (Lipinski definition) is 6. The third-order valence-electron chi connectivity index (χ3n) is 5.42. The second-order valence-electron chi connectivity index (χ2n) is 7.45. The van der Waals surface area contributed by atoms with Crippen LogP contribution in [0.25, 0.3) is 0 Å². The molecule has 2 aromatic rings. The number of anilines is 1. The topological polar surface area (TPSA) is 102 Å². The molecular weight excluding hydrogens is 390 g/mol. The number of halogens is 1. The van der Waals surface area contributed by atoms with E-state index in [0.717, 1.165) is 44.3 Å². The summed E-state index contributed by atoms with van der Waals surface area (Å²) in [6.07, 6.45) is 7.18. The highest BCUT2D eigenvalue weighted by Gasteiger charge is 2.24. The molecule has 0 atom stereocenters. The zero-order valence-electron chi connectivity index (χ0n) is 16.6. The number of aryl methyl sites for hydroxylation is 1. The summed E-state index contributed by atoms with van der Waals surface area (Å²) >= 11 is 6.21. The smallest absolute Gasteiger partial charge is 0.223 e. The van der Waals surface area contributed by atoms with Gasteiger partial charge in [-0.15, -0.1) is 0 Å². The van der Waals surface area contributed by atoms with E-state index in [2.05, 4.69) is 15.0 Å². The number of nitrogen functional groups attached to an aromatic ring is 1. The fraction of sp³-hybridized carbons (Fsp3) is 0.476. The molecule has 2 aromatic heterocycles. The van der Waals surface area contributed by atoms with Gasteiger partial charge in [0.1, 0.15) is 16.8 Å². The number of nitrogens with two attached hydrogens (primary N) is 1. The van der Waals surface area contributed by atoms with Crippen LogP contribution in [0, 0.1) is 12.8 Å². The van der Waals surface area contributed by atoms with E-state index >= 15 is 0 Å². The zero-order chi connectivity index (χ0) is 20.8. The lowest BCUT2D eigenvalue weighted by atomic mass is 9.90. The molecule has 0 aromatic carbocycles. The fourth-order valence-electron chi connectivity index (χ4n) is 3.68. The molecule has 1 amide bonds. The van der Waals surface area contributed by atoms with Gasteiger partial charge in [0.25, 0.3) is 0 Å². The second kappa shape index (κ2) is 9.78. The van der Waals surface area contributed by atoms with Crippen LogP contribution in [0.4, 0.5) is 5.82 Å². The van der Waals surface area contributed by atoms with E-state index in [4.69, 9.17) is 17.3 Å². The monoisotopic (exact) mass is 415 g/mol. The van der Waals surface area contributed by atoms with Crippen molar-refractivity contribution in [3.63, 3.8) is 0 Å². The van der Waals surface area contributed by atoms with Gasteiger partial charge in [-0.1, -0.05) is 11.6 Å². The van der Waals surface area contributed by atoms with Crippen molar-refractivity contribution in [3.05, 3.63) is 46.6 Å². The Morgan fingerprint density at radius 1 is 1.24 bits per heavy atom. The van der Waals surface area contributed by atoms with Gasteiger partial charge in [-0.2, -0.15) is 0 Å². The predicted octanol–water partition coefficient (Wildman–Crippen LogP) is 3.25. The number of hydrogen-bond donors (Lipinski definition) is 1. The Morgan fingerprint density at radius 2 is 2.00 bits per heavy atom. The van der Waals surface area contributed by atoms with Crippen LogP contribution >= 0.6 is 11.6 Å². The molecule has 3 heterocycles. The maximum Gasteiger partial charge on any atom is 0.223 e.